The van der Waals surface area contributed by atoms with E-state index in [0.29, 0.717) is 0 Å². The van der Waals surface area contributed by atoms with Crippen molar-refractivity contribution >= 4 is 11.8 Å². The van der Waals surface area contributed by atoms with Gasteiger partial charge < -0.3 is 0 Å². The summed E-state index contributed by atoms with van der Waals surface area (Å²) in [5, 5.41) is 0. The van der Waals surface area contributed by atoms with Crippen molar-refractivity contribution in [2.45, 2.75) is 57.8 Å². The van der Waals surface area contributed by atoms with E-state index < -0.39 is 0 Å². The van der Waals surface area contributed by atoms with Gasteiger partial charge in [-0.25, -0.2) is 0 Å². The van der Waals surface area contributed by atoms with E-state index in [2.05, 4.69) is 23.7 Å². The number of hydrogen-bond donors (Lipinski definition) is 0. The monoisotopic (exact) mass is 234 g/mol. The van der Waals surface area contributed by atoms with Gasteiger partial charge in [0.15, 0.2) is 0 Å². The quantitative estimate of drug-likeness (QED) is 0.565. The molecule has 0 N–H and O–H groups in total. The molecule has 0 aliphatic carbocycles. The highest BCUT2D eigenvalue weighted by atomic mass is 32.2. The molecule has 1 aliphatic heterocycles. The normalized spacial score (nSPS) is 20.0. The van der Waals surface area contributed by atoms with Gasteiger partial charge in [0.2, 0.25) is 0 Å². The smallest absolute Gasteiger partial charge is 0.0557 e. The lowest BCUT2D eigenvalue weighted by Crippen LogP contribution is -1.82. The lowest BCUT2D eigenvalue weighted by molar-refractivity contribution is 0.587. The van der Waals surface area contributed by atoms with E-state index in [1.165, 1.54) is 44.9 Å². The number of hydrogen-bond acceptors (Lipinski definition) is 1. The largest absolute Gasteiger partial charge is 0.136 e. The molecule has 0 aromatic carbocycles. The molecule has 0 fully saturated rings. The molecule has 0 amide bonds. The van der Waals surface area contributed by atoms with Crippen LogP contribution in [-0.4, -0.2) is 11.5 Å². The van der Waals surface area contributed by atoms with Gasteiger partial charge in [0.1, 0.15) is 0 Å². The summed E-state index contributed by atoms with van der Waals surface area (Å²) in [6, 6.07) is 0. The fourth-order valence-electron chi connectivity index (χ4n) is 1.74. The average Bonchev–Trinajstić information content (AvgIpc) is 2.29. The van der Waals surface area contributed by atoms with Crippen LogP contribution in [0.5, 0.6) is 0 Å². The molecule has 0 radical (unpaired) electrons. The second-order valence-corrected chi connectivity index (χ2v) is 5.16. The molecule has 0 aromatic heterocycles. The van der Waals surface area contributed by atoms with Crippen molar-refractivity contribution in [3.8, 4) is 23.7 Å². The molecule has 0 bridgehead atoms. The van der Waals surface area contributed by atoms with Gasteiger partial charge in [0, 0.05) is 12.8 Å². The maximum absolute atomic E-state index is 3.25. The summed E-state index contributed by atoms with van der Waals surface area (Å²) in [7, 11) is 0. The van der Waals surface area contributed by atoms with Crippen LogP contribution in [0.3, 0.4) is 0 Å². The Balaban J connectivity index is 2.19. The molecule has 0 saturated heterocycles. The van der Waals surface area contributed by atoms with Crippen LogP contribution < -0.4 is 0 Å². The fraction of sp³-hybridized carbons (Fsp3) is 0.733. The van der Waals surface area contributed by atoms with Crippen LogP contribution in [-0.2, 0) is 0 Å². The molecule has 1 rings (SSSR count). The van der Waals surface area contributed by atoms with Crippen LogP contribution in [0, 0.1) is 23.7 Å². The summed E-state index contributed by atoms with van der Waals surface area (Å²) in [4.78, 5) is 0. The fourth-order valence-corrected chi connectivity index (χ4v) is 2.25. The molecular formula is C15H22S. The van der Waals surface area contributed by atoms with Crippen molar-refractivity contribution in [2.24, 2.45) is 0 Å². The zero-order valence-electron chi connectivity index (χ0n) is 10.2. The van der Waals surface area contributed by atoms with Crippen molar-refractivity contribution < 1.29 is 0 Å². The molecule has 1 heteroatoms. The average molecular weight is 234 g/mol. The minimum atomic E-state index is 0.953. The van der Waals surface area contributed by atoms with Crippen LogP contribution in [0.2, 0.25) is 0 Å². The molecule has 16 heavy (non-hydrogen) atoms. The molecule has 0 atom stereocenters. The summed E-state index contributed by atoms with van der Waals surface area (Å²) >= 11 is 1.84. The third-order valence-corrected chi connectivity index (χ3v) is 3.40. The molecule has 88 valence electrons. The van der Waals surface area contributed by atoms with E-state index >= 15 is 0 Å². The predicted octanol–water partition coefficient (Wildman–Crippen LogP) is 4.25. The highest BCUT2D eigenvalue weighted by Gasteiger charge is 1.91. The van der Waals surface area contributed by atoms with Gasteiger partial charge in [0.25, 0.3) is 0 Å². The Labute approximate surface area is 105 Å². The maximum atomic E-state index is 3.25. The molecule has 0 saturated carbocycles. The predicted molar refractivity (Wildman–Crippen MR) is 74.4 cm³/mol. The van der Waals surface area contributed by atoms with E-state index in [1.807, 2.05) is 11.8 Å². The summed E-state index contributed by atoms with van der Waals surface area (Å²) in [5.74, 6) is 14.8. The second-order valence-electron chi connectivity index (χ2n) is 4.17. The van der Waals surface area contributed by atoms with Crippen molar-refractivity contribution in [1.29, 1.82) is 0 Å². The maximum Gasteiger partial charge on any atom is 0.0557 e. The van der Waals surface area contributed by atoms with Gasteiger partial charge >= 0.3 is 0 Å². The Hall–Kier alpha value is -0.530. The number of rotatable bonds is 0. The summed E-state index contributed by atoms with van der Waals surface area (Å²) in [6.45, 7) is 0. The molecule has 0 spiro atoms. The van der Waals surface area contributed by atoms with Crippen LogP contribution in [0.4, 0.5) is 0 Å². The van der Waals surface area contributed by atoms with Crippen molar-refractivity contribution in [3.63, 3.8) is 0 Å². The van der Waals surface area contributed by atoms with E-state index in [9.17, 15) is 0 Å². The first kappa shape index (κ1) is 13.5. The van der Waals surface area contributed by atoms with Crippen LogP contribution in [0.1, 0.15) is 57.8 Å². The lowest BCUT2D eigenvalue weighted by Gasteiger charge is -1.99. The van der Waals surface area contributed by atoms with Crippen LogP contribution in [0.25, 0.3) is 0 Å². The Morgan fingerprint density at radius 2 is 0.938 bits per heavy atom. The Bertz CT molecular complexity index is 243. The second kappa shape index (κ2) is 11.0. The zero-order valence-corrected chi connectivity index (χ0v) is 11.0. The highest BCUT2D eigenvalue weighted by Crippen LogP contribution is 2.09. The minimum absolute atomic E-state index is 0.953. The third kappa shape index (κ3) is 8.75. The lowest BCUT2D eigenvalue weighted by atomic mass is 10.1. The first-order chi connectivity index (χ1) is 8.00. The molecule has 0 unspecified atom stereocenters. The Kier molecular flexibility index (Phi) is 9.28. The third-order valence-electron chi connectivity index (χ3n) is 2.70. The van der Waals surface area contributed by atoms with Crippen molar-refractivity contribution in [3.05, 3.63) is 0 Å². The summed E-state index contributed by atoms with van der Waals surface area (Å²) in [5.41, 5.74) is 0. The molecule has 1 heterocycles. The number of thioether (sulfide) groups is 1. The zero-order chi connectivity index (χ0) is 11.3. The van der Waals surface area contributed by atoms with Gasteiger partial charge in [-0.05, 0) is 12.8 Å². The minimum Gasteiger partial charge on any atom is -0.136 e. The molecule has 1 aliphatic rings. The van der Waals surface area contributed by atoms with Crippen molar-refractivity contribution in [2.75, 3.05) is 11.5 Å². The van der Waals surface area contributed by atoms with E-state index in [-0.39, 0.29) is 0 Å². The van der Waals surface area contributed by atoms with E-state index in [0.717, 1.165) is 24.3 Å². The SMILES string of the molecule is C1#CCSCC#CCCCCCCCCC1. The van der Waals surface area contributed by atoms with Crippen molar-refractivity contribution in [1.82, 2.24) is 0 Å². The standard InChI is InChI=1S/C15H22S/c1-2-4-6-8-10-12-14-16-15-13-11-9-7-5-3-1/h1-9,14-15H2. The Morgan fingerprint density at radius 3 is 1.44 bits per heavy atom. The molecule has 0 aromatic rings. The van der Waals surface area contributed by atoms with E-state index in [4.69, 9.17) is 0 Å². The highest BCUT2D eigenvalue weighted by molar-refractivity contribution is 7.99. The van der Waals surface area contributed by atoms with Gasteiger partial charge in [0.05, 0.1) is 11.5 Å². The van der Waals surface area contributed by atoms with Crippen LogP contribution >= 0.6 is 11.8 Å². The van der Waals surface area contributed by atoms with Gasteiger partial charge in [-0.15, -0.1) is 23.6 Å². The first-order valence-electron chi connectivity index (χ1n) is 6.49. The van der Waals surface area contributed by atoms with Crippen LogP contribution in [0.15, 0.2) is 0 Å². The van der Waals surface area contributed by atoms with E-state index in [1.54, 1.807) is 0 Å². The topological polar surface area (TPSA) is 0 Å². The molecule has 0 nitrogen and oxygen atoms in total. The van der Waals surface area contributed by atoms with Gasteiger partial charge in [-0.1, -0.05) is 43.9 Å². The summed E-state index contributed by atoms with van der Waals surface area (Å²) < 4.78 is 0. The van der Waals surface area contributed by atoms with Gasteiger partial charge in [-0.2, -0.15) is 0 Å². The Morgan fingerprint density at radius 1 is 0.500 bits per heavy atom. The first-order valence-corrected chi connectivity index (χ1v) is 7.65. The van der Waals surface area contributed by atoms with Gasteiger partial charge in [-0.3, -0.25) is 0 Å². The molecular weight excluding hydrogens is 212 g/mol. The summed E-state index contributed by atoms with van der Waals surface area (Å²) in [6.07, 6.45) is 11.7.